The van der Waals surface area contributed by atoms with Crippen LogP contribution in [0.5, 0.6) is 0 Å². The van der Waals surface area contributed by atoms with Crippen LogP contribution in [0.3, 0.4) is 0 Å². The highest BCUT2D eigenvalue weighted by molar-refractivity contribution is 4.84. The fourth-order valence-electron chi connectivity index (χ4n) is 5.80. The van der Waals surface area contributed by atoms with Crippen LogP contribution >= 0.6 is 0 Å². The summed E-state index contributed by atoms with van der Waals surface area (Å²) in [5.41, 5.74) is 0. The van der Waals surface area contributed by atoms with Crippen LogP contribution in [0.15, 0.2) is 12.4 Å². The maximum atomic E-state index is 2.60. The van der Waals surface area contributed by atoms with Gasteiger partial charge in [0.05, 0.1) is 13.1 Å². The molecular weight excluding hydrogens is 448 g/mol. The first kappa shape index (κ1) is 34.2. The fourth-order valence-corrected chi connectivity index (χ4v) is 5.80. The molecule has 0 aliphatic heterocycles. The maximum Gasteiger partial charge on any atom is 0.256 e. The van der Waals surface area contributed by atoms with E-state index in [4.69, 9.17) is 0 Å². The van der Waals surface area contributed by atoms with Crippen LogP contribution in [-0.4, -0.2) is 4.57 Å². The van der Waals surface area contributed by atoms with E-state index >= 15 is 0 Å². The molecule has 0 N–H and O–H groups in total. The standard InChI is InChI=1S/C35H69N2/c1-4-7-10-13-15-16-17-18-19-20-21-22-23-24-25-27-30-35-36(31-28-12-9-6-3)33-34-37(35)32-29-26-14-11-8-5-2/h33-34H,4-32H2,1-3H3/q+1. The largest absolute Gasteiger partial charge is 0.256 e. The fraction of sp³-hybridized carbons (Fsp3) is 0.914. The molecule has 0 aromatic carbocycles. The molecule has 2 nitrogen and oxygen atoms in total. The first-order chi connectivity index (χ1) is 18.3. The molecule has 0 spiro atoms. The second kappa shape index (κ2) is 26.8. The van der Waals surface area contributed by atoms with Gasteiger partial charge in [-0.2, -0.15) is 0 Å². The van der Waals surface area contributed by atoms with Crippen molar-refractivity contribution < 1.29 is 4.57 Å². The summed E-state index contributed by atoms with van der Waals surface area (Å²) in [5, 5.41) is 0. The third kappa shape index (κ3) is 19.9. The summed E-state index contributed by atoms with van der Waals surface area (Å²) in [7, 11) is 0. The predicted molar refractivity (Wildman–Crippen MR) is 165 cm³/mol. The highest BCUT2D eigenvalue weighted by atomic mass is 15.1. The molecule has 0 unspecified atom stereocenters. The van der Waals surface area contributed by atoms with E-state index in [0.29, 0.717) is 0 Å². The summed E-state index contributed by atoms with van der Waals surface area (Å²) in [4.78, 5) is 0. The highest BCUT2D eigenvalue weighted by Gasteiger charge is 2.16. The van der Waals surface area contributed by atoms with Gasteiger partial charge in [0.2, 0.25) is 0 Å². The van der Waals surface area contributed by atoms with Crippen LogP contribution in [0.4, 0.5) is 0 Å². The Morgan fingerprint density at radius 2 is 0.838 bits per heavy atom. The van der Waals surface area contributed by atoms with E-state index in [1.807, 2.05) is 0 Å². The maximum absolute atomic E-state index is 2.60. The lowest BCUT2D eigenvalue weighted by molar-refractivity contribution is -0.704. The SMILES string of the molecule is CCCCCCCCCCCCCCCCCCc1n(CCCCCC)cc[n+]1CCCCCCCC. The van der Waals surface area contributed by atoms with Crippen LogP contribution in [0, 0.1) is 0 Å². The molecule has 1 heterocycles. The zero-order valence-corrected chi connectivity index (χ0v) is 26.1. The quantitative estimate of drug-likeness (QED) is 0.0737. The molecule has 218 valence electrons. The minimum Gasteiger partial charge on any atom is -0.234 e. The van der Waals surface area contributed by atoms with Crippen LogP contribution in [0.25, 0.3) is 0 Å². The van der Waals surface area contributed by atoms with Gasteiger partial charge in [-0.25, -0.2) is 9.13 Å². The van der Waals surface area contributed by atoms with Gasteiger partial charge in [-0.05, 0) is 32.1 Å². The lowest BCUT2D eigenvalue weighted by Gasteiger charge is -2.07. The number of rotatable bonds is 29. The van der Waals surface area contributed by atoms with Crippen LogP contribution in [-0.2, 0) is 19.5 Å². The zero-order chi connectivity index (χ0) is 26.7. The third-order valence-electron chi connectivity index (χ3n) is 8.35. The molecule has 0 saturated carbocycles. The molecule has 1 aromatic rings. The summed E-state index contributed by atoms with van der Waals surface area (Å²) < 4.78 is 5.20. The summed E-state index contributed by atoms with van der Waals surface area (Å²) in [6.07, 6.45) is 43.0. The molecule has 2 heteroatoms. The molecule has 0 bridgehead atoms. The number of hydrogen-bond donors (Lipinski definition) is 0. The topological polar surface area (TPSA) is 8.81 Å². The number of aromatic nitrogens is 2. The zero-order valence-electron chi connectivity index (χ0n) is 26.1. The summed E-state index contributed by atoms with van der Waals surface area (Å²) in [5.74, 6) is 1.61. The number of nitrogens with zero attached hydrogens (tertiary/aromatic N) is 2. The van der Waals surface area contributed by atoms with E-state index in [1.54, 1.807) is 5.82 Å². The molecule has 1 rings (SSSR count). The molecule has 37 heavy (non-hydrogen) atoms. The first-order valence-corrected chi connectivity index (χ1v) is 17.4. The Bertz CT molecular complexity index is 576. The molecular formula is C35H69N2+. The van der Waals surface area contributed by atoms with Crippen molar-refractivity contribution in [1.29, 1.82) is 0 Å². The number of aryl methyl sites for hydroxylation is 2. The van der Waals surface area contributed by atoms with Crippen molar-refractivity contribution in [3.05, 3.63) is 18.2 Å². The second-order valence-corrected chi connectivity index (χ2v) is 12.0. The third-order valence-corrected chi connectivity index (χ3v) is 8.35. The molecule has 0 radical (unpaired) electrons. The normalized spacial score (nSPS) is 11.5. The summed E-state index contributed by atoms with van der Waals surface area (Å²) in [6, 6.07) is 0. The van der Waals surface area contributed by atoms with Gasteiger partial charge in [0.25, 0.3) is 5.82 Å². The Kier molecular flexibility index (Phi) is 24.8. The van der Waals surface area contributed by atoms with Crippen molar-refractivity contribution in [3.63, 3.8) is 0 Å². The first-order valence-electron chi connectivity index (χ1n) is 17.4. The van der Waals surface area contributed by atoms with E-state index < -0.39 is 0 Å². The van der Waals surface area contributed by atoms with Gasteiger partial charge in [0.1, 0.15) is 12.4 Å². The van der Waals surface area contributed by atoms with Crippen LogP contribution in [0.1, 0.15) is 194 Å². The van der Waals surface area contributed by atoms with Crippen LogP contribution in [0.2, 0.25) is 0 Å². The Morgan fingerprint density at radius 1 is 0.459 bits per heavy atom. The molecule has 0 aliphatic carbocycles. The number of imidazole rings is 1. The monoisotopic (exact) mass is 518 g/mol. The van der Waals surface area contributed by atoms with Crippen molar-refractivity contribution in [3.8, 4) is 0 Å². The van der Waals surface area contributed by atoms with E-state index in [2.05, 4.69) is 42.3 Å². The second-order valence-electron chi connectivity index (χ2n) is 12.0. The Morgan fingerprint density at radius 3 is 1.30 bits per heavy atom. The molecule has 0 aliphatic rings. The molecule has 0 atom stereocenters. The van der Waals surface area contributed by atoms with E-state index in [0.717, 1.165) is 0 Å². The average molecular weight is 518 g/mol. The molecule has 0 saturated heterocycles. The highest BCUT2D eigenvalue weighted by Crippen LogP contribution is 2.15. The molecule has 0 fully saturated rings. The minimum absolute atomic E-state index is 1.22. The van der Waals surface area contributed by atoms with E-state index in [1.165, 1.54) is 186 Å². The van der Waals surface area contributed by atoms with E-state index in [9.17, 15) is 0 Å². The Balaban J connectivity index is 2.15. The van der Waals surface area contributed by atoms with Crippen LogP contribution < -0.4 is 4.57 Å². The smallest absolute Gasteiger partial charge is 0.234 e. The van der Waals surface area contributed by atoms with Gasteiger partial charge in [-0.3, -0.25) is 0 Å². The van der Waals surface area contributed by atoms with Gasteiger partial charge in [0, 0.05) is 6.42 Å². The van der Waals surface area contributed by atoms with Crippen molar-refractivity contribution in [2.75, 3.05) is 0 Å². The lowest BCUT2D eigenvalue weighted by atomic mass is 10.0. The number of unbranched alkanes of at least 4 members (excludes halogenated alkanes) is 23. The predicted octanol–water partition coefficient (Wildman–Crippen LogP) is 11.5. The summed E-state index contributed by atoms with van der Waals surface area (Å²) >= 11 is 0. The van der Waals surface area contributed by atoms with Crippen molar-refractivity contribution in [2.45, 2.75) is 207 Å². The van der Waals surface area contributed by atoms with Gasteiger partial charge >= 0.3 is 0 Å². The van der Waals surface area contributed by atoms with E-state index in [-0.39, 0.29) is 0 Å². The lowest BCUT2D eigenvalue weighted by Crippen LogP contribution is -2.37. The van der Waals surface area contributed by atoms with Crippen molar-refractivity contribution in [1.82, 2.24) is 4.57 Å². The Hall–Kier alpha value is -0.790. The summed E-state index contributed by atoms with van der Waals surface area (Å²) in [6.45, 7) is 9.37. The van der Waals surface area contributed by atoms with Gasteiger partial charge in [0.15, 0.2) is 0 Å². The minimum atomic E-state index is 1.22. The average Bonchev–Trinajstić information content (AvgIpc) is 3.29. The van der Waals surface area contributed by atoms with Gasteiger partial charge < -0.3 is 0 Å². The molecule has 0 amide bonds. The van der Waals surface area contributed by atoms with Gasteiger partial charge in [-0.1, -0.05) is 156 Å². The van der Waals surface area contributed by atoms with Gasteiger partial charge in [-0.15, -0.1) is 0 Å². The molecule has 1 aromatic heterocycles. The van der Waals surface area contributed by atoms with Crippen molar-refractivity contribution >= 4 is 0 Å². The Labute approximate surface area is 234 Å². The van der Waals surface area contributed by atoms with Crippen molar-refractivity contribution in [2.24, 2.45) is 0 Å². The number of hydrogen-bond acceptors (Lipinski definition) is 0.